The topological polar surface area (TPSA) is 156 Å². The number of hydrogen-bond acceptors (Lipinski definition) is 8. The molecule has 1 fully saturated rings. The van der Waals surface area contributed by atoms with Gasteiger partial charge < -0.3 is 15.8 Å². The Labute approximate surface area is 286 Å². The van der Waals surface area contributed by atoms with Gasteiger partial charge in [0.15, 0.2) is 11.4 Å². The van der Waals surface area contributed by atoms with E-state index in [0.717, 1.165) is 12.8 Å². The number of allylic oxidation sites excluding steroid dienone is 1. The number of amides is 2. The van der Waals surface area contributed by atoms with Crippen molar-refractivity contribution in [2.24, 2.45) is 16.1 Å². The summed E-state index contributed by atoms with van der Waals surface area (Å²) in [5, 5.41) is 13.7. The van der Waals surface area contributed by atoms with E-state index in [0.29, 0.717) is 43.3 Å². The maximum Gasteiger partial charge on any atom is 0.407 e. The second-order valence-corrected chi connectivity index (χ2v) is 14.0. The number of aromatic nitrogens is 5. The van der Waals surface area contributed by atoms with Crippen LogP contribution in [-0.4, -0.2) is 60.0 Å². The number of aromatic amines is 1. The largest absolute Gasteiger partial charge is 0.447 e. The third kappa shape index (κ3) is 7.05. The Bertz CT molecular complexity index is 1920. The predicted octanol–water partition coefficient (Wildman–Crippen LogP) is 6.36. The number of aliphatic imine (C=N–C) groups is 1. The van der Waals surface area contributed by atoms with Gasteiger partial charge >= 0.3 is 12.6 Å². The molecule has 4 aromatic rings. The van der Waals surface area contributed by atoms with Gasteiger partial charge in [-0.3, -0.25) is 14.8 Å². The monoisotopic (exact) mass is 691 g/mol. The van der Waals surface area contributed by atoms with Crippen LogP contribution in [-0.2, 0) is 15.1 Å². The number of carbonyl (C=O) groups excluding carboxylic acids is 2. The van der Waals surface area contributed by atoms with E-state index < -0.39 is 30.1 Å². The molecule has 15 heteroatoms. The molecule has 2 atom stereocenters. The van der Waals surface area contributed by atoms with Crippen LogP contribution in [0.25, 0.3) is 22.5 Å². The van der Waals surface area contributed by atoms with E-state index in [2.05, 4.69) is 25.6 Å². The molecule has 12 nitrogen and oxygen atoms in total. The Morgan fingerprint density at radius 2 is 1.92 bits per heavy atom. The minimum atomic E-state index is -2.77. The molecule has 0 bridgehead atoms. The lowest BCUT2D eigenvalue weighted by atomic mass is 9.85. The van der Waals surface area contributed by atoms with Gasteiger partial charge in [-0.25, -0.2) is 19.5 Å². The van der Waals surface area contributed by atoms with Crippen LogP contribution in [0.2, 0.25) is 5.02 Å². The molecule has 49 heavy (non-hydrogen) atoms. The van der Waals surface area contributed by atoms with E-state index in [1.165, 1.54) is 23.6 Å². The summed E-state index contributed by atoms with van der Waals surface area (Å²) in [6.07, 6.45) is 8.59. The second-order valence-electron chi connectivity index (χ2n) is 13.5. The van der Waals surface area contributed by atoms with Crippen LogP contribution in [0, 0.1) is 5.41 Å². The lowest BCUT2D eigenvalue weighted by molar-refractivity contribution is -0.132. The maximum atomic E-state index is 14.8. The van der Waals surface area contributed by atoms with Crippen LogP contribution in [0.1, 0.15) is 64.3 Å². The Kier molecular flexibility index (Phi) is 8.78. The number of guanidine groups is 1. The number of H-pyrrole nitrogens is 1. The number of alkyl carbamates (subject to hydrolysis) is 1. The molecule has 1 aliphatic heterocycles. The van der Waals surface area contributed by atoms with Crippen LogP contribution in [0.4, 0.5) is 13.6 Å². The first-order valence-corrected chi connectivity index (χ1v) is 16.0. The van der Waals surface area contributed by atoms with Crippen molar-refractivity contribution in [2.45, 2.75) is 64.2 Å². The Balaban J connectivity index is 1.40. The molecule has 2 aromatic carbocycles. The number of halogens is 3. The smallest absolute Gasteiger partial charge is 0.407 e. The summed E-state index contributed by atoms with van der Waals surface area (Å²) >= 11 is 6.54. The zero-order valence-corrected chi connectivity index (χ0v) is 28.1. The number of nitrogens with two attached hydrogens (primary N) is 1. The molecule has 1 saturated carbocycles. The van der Waals surface area contributed by atoms with Crippen molar-refractivity contribution in [3.05, 3.63) is 89.5 Å². The molecular weight excluding hydrogens is 656 g/mol. The number of alkyl halides is 2. The number of rotatable bonds is 10. The Hall–Kier alpha value is -5.11. The maximum absolute atomic E-state index is 14.8. The highest BCUT2D eigenvalue weighted by molar-refractivity contribution is 6.33. The number of nitrogens with one attached hydrogen (secondary N) is 2. The summed E-state index contributed by atoms with van der Waals surface area (Å²) in [6, 6.07) is 11.0. The molecule has 3 heterocycles. The van der Waals surface area contributed by atoms with Crippen molar-refractivity contribution in [3.63, 3.8) is 0 Å². The van der Waals surface area contributed by atoms with E-state index in [1.54, 1.807) is 48.5 Å². The molecular formula is C34H36ClF2N9O3. The summed E-state index contributed by atoms with van der Waals surface area (Å²) in [6.45, 7) is 4.85. The van der Waals surface area contributed by atoms with Gasteiger partial charge in [-0.2, -0.15) is 19.0 Å². The van der Waals surface area contributed by atoms with Gasteiger partial charge in [0.1, 0.15) is 12.9 Å². The van der Waals surface area contributed by atoms with Crippen LogP contribution >= 0.6 is 11.6 Å². The Morgan fingerprint density at radius 1 is 1.18 bits per heavy atom. The third-order valence-electron chi connectivity index (χ3n) is 8.50. The van der Waals surface area contributed by atoms with Crippen LogP contribution in [0.15, 0.2) is 78.3 Å². The minimum absolute atomic E-state index is 0.0924. The van der Waals surface area contributed by atoms with E-state index >= 15 is 0 Å². The van der Waals surface area contributed by atoms with Crippen molar-refractivity contribution < 1.29 is 23.1 Å². The van der Waals surface area contributed by atoms with E-state index in [4.69, 9.17) is 27.1 Å². The summed E-state index contributed by atoms with van der Waals surface area (Å²) in [5.41, 5.74) is 7.02. The number of carbonyl (C=O) groups is 2. The van der Waals surface area contributed by atoms with E-state index in [-0.39, 0.29) is 23.5 Å². The quantitative estimate of drug-likeness (QED) is 0.163. The van der Waals surface area contributed by atoms with Gasteiger partial charge in [-0.1, -0.05) is 68.8 Å². The third-order valence-corrected chi connectivity index (χ3v) is 8.83. The summed E-state index contributed by atoms with van der Waals surface area (Å²) in [5.74, 6) is -0.171. The molecule has 256 valence electrons. The first-order chi connectivity index (χ1) is 23.2. The lowest BCUT2D eigenvalue weighted by Crippen LogP contribution is -2.46. The molecule has 0 unspecified atom stereocenters. The highest BCUT2D eigenvalue weighted by Crippen LogP contribution is 2.41. The first-order valence-electron chi connectivity index (χ1n) is 15.6. The van der Waals surface area contributed by atoms with Crippen molar-refractivity contribution in [3.8, 4) is 22.5 Å². The normalized spacial score (nSPS) is 19.4. The van der Waals surface area contributed by atoms with Crippen molar-refractivity contribution in [1.82, 2.24) is 35.2 Å². The number of ether oxygens (including phenoxy) is 1. The number of hydrogen-bond donors (Lipinski definition) is 3. The van der Waals surface area contributed by atoms with Gasteiger partial charge in [0.05, 0.1) is 17.3 Å². The fourth-order valence-electron chi connectivity index (χ4n) is 5.48. The highest BCUT2D eigenvalue weighted by atomic mass is 35.5. The average molecular weight is 692 g/mol. The van der Waals surface area contributed by atoms with Gasteiger partial charge in [-0.05, 0) is 60.1 Å². The molecule has 2 aliphatic rings. The van der Waals surface area contributed by atoms with Crippen LogP contribution in [0.3, 0.4) is 0 Å². The standard InChI is InChI=1S/C34H36ClF2N9O3/c1-32(2,3)11-14-34(23-8-5-20(6-9-23)22-16-41-45(17-22)29(36)37)28(47)46(30(38)42-34)26(18-49-31(48)43-33(4)12-13-33)21-7-10-25(35)24(15-21)27-39-19-40-44-27/h5-11,14-17,19,26,29H,12-13,18H2,1-4H3,(H2,38,42)(H,43,48)(H,39,40,44)/b14-11+/t26-,34-/m1/s1. The molecule has 2 aromatic heterocycles. The predicted molar refractivity (Wildman–Crippen MR) is 179 cm³/mol. The fraction of sp³-hybridized carbons (Fsp3) is 0.353. The van der Waals surface area contributed by atoms with Crippen molar-refractivity contribution >= 4 is 29.6 Å². The first kappa shape index (κ1) is 33.8. The van der Waals surface area contributed by atoms with Crippen LogP contribution in [0.5, 0.6) is 0 Å². The van der Waals surface area contributed by atoms with Gasteiger partial charge in [0, 0.05) is 22.9 Å². The van der Waals surface area contributed by atoms with E-state index in [1.807, 2.05) is 33.8 Å². The second kappa shape index (κ2) is 12.7. The van der Waals surface area contributed by atoms with Crippen molar-refractivity contribution in [1.29, 1.82) is 0 Å². The molecule has 0 radical (unpaired) electrons. The fourth-order valence-corrected chi connectivity index (χ4v) is 5.69. The molecule has 1 aliphatic carbocycles. The summed E-state index contributed by atoms with van der Waals surface area (Å²) in [7, 11) is 0. The molecule has 0 saturated heterocycles. The zero-order valence-electron chi connectivity index (χ0n) is 27.3. The van der Waals surface area contributed by atoms with E-state index in [9.17, 15) is 18.4 Å². The van der Waals surface area contributed by atoms with Crippen molar-refractivity contribution in [2.75, 3.05) is 6.61 Å². The van der Waals surface area contributed by atoms with Gasteiger partial charge in [-0.15, -0.1) is 0 Å². The highest BCUT2D eigenvalue weighted by Gasteiger charge is 2.50. The molecule has 0 spiro atoms. The summed E-state index contributed by atoms with van der Waals surface area (Å²) < 4.78 is 32.6. The SMILES string of the molecule is CC(C)(C)/C=C/[C@]1(c2ccc(-c3cnn(C(F)F)c3)cc2)N=C(N)N([C@H](COC(=O)NC2(C)CC2)c2ccc(Cl)c(-c3ncn[nH]3)c2)C1=O. The number of benzene rings is 2. The van der Waals surface area contributed by atoms with Gasteiger partial charge in [0.2, 0.25) is 5.96 Å². The van der Waals surface area contributed by atoms with Crippen LogP contribution < -0.4 is 11.1 Å². The molecule has 4 N–H and O–H groups in total. The summed E-state index contributed by atoms with van der Waals surface area (Å²) in [4.78, 5) is 38.0. The Morgan fingerprint density at radius 3 is 2.53 bits per heavy atom. The lowest BCUT2D eigenvalue weighted by Gasteiger charge is -2.31. The van der Waals surface area contributed by atoms with Gasteiger partial charge in [0.25, 0.3) is 5.91 Å². The molecule has 6 rings (SSSR count). The zero-order chi connectivity index (χ0) is 35.1. The minimum Gasteiger partial charge on any atom is -0.447 e. The molecule has 2 amide bonds. The number of nitrogens with zero attached hydrogens (tertiary/aromatic N) is 6. The average Bonchev–Trinajstić information content (AvgIpc) is 3.45.